The average Bonchev–Trinajstić information content (AvgIpc) is 2.93. The number of amides is 1. The zero-order valence-corrected chi connectivity index (χ0v) is 13.0. The van der Waals surface area contributed by atoms with Crippen molar-refractivity contribution in [3.8, 4) is 5.69 Å². The van der Waals surface area contributed by atoms with Gasteiger partial charge in [0.15, 0.2) is 17.3 Å². The van der Waals surface area contributed by atoms with E-state index in [-0.39, 0.29) is 29.7 Å². The van der Waals surface area contributed by atoms with E-state index in [0.717, 1.165) is 16.8 Å². The van der Waals surface area contributed by atoms with Gasteiger partial charge in [0.1, 0.15) is 5.69 Å². The maximum Gasteiger partial charge on any atom is 0.274 e. The van der Waals surface area contributed by atoms with E-state index in [4.69, 9.17) is 0 Å². The maximum absolute atomic E-state index is 13.7. The Labute approximate surface area is 133 Å². The van der Waals surface area contributed by atoms with Gasteiger partial charge >= 0.3 is 0 Å². The van der Waals surface area contributed by atoms with Gasteiger partial charge in [-0.3, -0.25) is 4.79 Å². The number of nitrogens with one attached hydrogen (secondary N) is 1. The molecule has 0 bridgehead atoms. The molecule has 0 spiro atoms. The highest BCUT2D eigenvalue weighted by Crippen LogP contribution is 2.17. The van der Waals surface area contributed by atoms with E-state index in [1.807, 2.05) is 0 Å². The molecular formula is C14H17ClF2N4O. The molecule has 8 heteroatoms. The van der Waals surface area contributed by atoms with Gasteiger partial charge in [0, 0.05) is 26.3 Å². The van der Waals surface area contributed by atoms with E-state index in [9.17, 15) is 13.6 Å². The quantitative estimate of drug-likeness (QED) is 0.910. The summed E-state index contributed by atoms with van der Waals surface area (Å²) in [6, 6.07) is 4.99. The van der Waals surface area contributed by atoms with Crippen LogP contribution < -0.4 is 5.32 Å². The summed E-state index contributed by atoms with van der Waals surface area (Å²) in [5.41, 5.74) is -0.161. The molecule has 0 saturated heterocycles. The number of hydrogen-bond acceptors (Lipinski definition) is 3. The van der Waals surface area contributed by atoms with E-state index in [2.05, 4.69) is 10.4 Å². The van der Waals surface area contributed by atoms with Crippen molar-refractivity contribution in [2.45, 2.75) is 0 Å². The van der Waals surface area contributed by atoms with Crippen molar-refractivity contribution in [1.29, 1.82) is 0 Å². The van der Waals surface area contributed by atoms with Gasteiger partial charge in [0.25, 0.3) is 5.91 Å². The molecule has 1 aromatic carbocycles. The second kappa shape index (κ2) is 7.86. The van der Waals surface area contributed by atoms with Crippen molar-refractivity contribution in [3.63, 3.8) is 0 Å². The minimum Gasteiger partial charge on any atom is -0.339 e. The Morgan fingerprint density at radius 3 is 2.55 bits per heavy atom. The Bertz CT molecular complexity index is 627. The first-order valence-electron chi connectivity index (χ1n) is 6.44. The lowest BCUT2D eigenvalue weighted by Crippen LogP contribution is -2.33. The number of hydrogen-bond donors (Lipinski definition) is 1. The Balaban J connectivity index is 0.00000242. The van der Waals surface area contributed by atoms with Crippen LogP contribution >= 0.6 is 12.4 Å². The van der Waals surface area contributed by atoms with E-state index < -0.39 is 11.6 Å². The van der Waals surface area contributed by atoms with Crippen LogP contribution in [-0.4, -0.2) is 47.8 Å². The van der Waals surface area contributed by atoms with Crippen LogP contribution in [0, 0.1) is 11.6 Å². The minimum atomic E-state index is -0.736. The van der Waals surface area contributed by atoms with Crippen LogP contribution in [0.4, 0.5) is 8.78 Å². The summed E-state index contributed by atoms with van der Waals surface area (Å²) in [6.07, 6.45) is 1.36. The second-order valence-electron chi connectivity index (χ2n) is 4.55. The lowest BCUT2D eigenvalue weighted by Gasteiger charge is -2.15. The SMILES string of the molecule is CNCCN(C)C(=O)c1ccn(-c2c(F)cccc2F)n1.Cl. The highest BCUT2D eigenvalue weighted by Gasteiger charge is 2.17. The van der Waals surface area contributed by atoms with Gasteiger partial charge in [-0.2, -0.15) is 5.10 Å². The van der Waals surface area contributed by atoms with Crippen molar-refractivity contribution < 1.29 is 13.6 Å². The van der Waals surface area contributed by atoms with Crippen LogP contribution in [0.5, 0.6) is 0 Å². The van der Waals surface area contributed by atoms with Crippen LogP contribution in [0.1, 0.15) is 10.5 Å². The molecule has 0 aliphatic carbocycles. The molecule has 0 atom stereocenters. The molecule has 120 valence electrons. The van der Waals surface area contributed by atoms with Gasteiger partial charge in [-0.25, -0.2) is 13.5 Å². The number of para-hydroxylation sites is 1. The summed E-state index contributed by atoms with van der Waals surface area (Å²) in [4.78, 5) is 13.6. The van der Waals surface area contributed by atoms with Gasteiger partial charge in [-0.05, 0) is 25.2 Å². The van der Waals surface area contributed by atoms with E-state index >= 15 is 0 Å². The van der Waals surface area contributed by atoms with E-state index in [0.29, 0.717) is 13.1 Å². The predicted molar refractivity (Wildman–Crippen MR) is 81.6 cm³/mol. The molecule has 0 unspecified atom stereocenters. The van der Waals surface area contributed by atoms with Gasteiger partial charge < -0.3 is 10.2 Å². The van der Waals surface area contributed by atoms with Crippen LogP contribution in [-0.2, 0) is 0 Å². The topological polar surface area (TPSA) is 50.2 Å². The second-order valence-corrected chi connectivity index (χ2v) is 4.55. The van der Waals surface area contributed by atoms with Crippen molar-refractivity contribution in [2.75, 3.05) is 27.2 Å². The number of halogens is 3. The molecule has 5 nitrogen and oxygen atoms in total. The maximum atomic E-state index is 13.7. The zero-order valence-electron chi connectivity index (χ0n) is 12.2. The third-order valence-electron chi connectivity index (χ3n) is 3.02. The molecule has 1 heterocycles. The lowest BCUT2D eigenvalue weighted by molar-refractivity contribution is 0.0790. The third-order valence-corrected chi connectivity index (χ3v) is 3.02. The fourth-order valence-electron chi connectivity index (χ4n) is 1.85. The number of likely N-dealkylation sites (N-methyl/N-ethyl adjacent to an activating group) is 2. The summed E-state index contributed by atoms with van der Waals surface area (Å²) in [5, 5.41) is 6.89. The van der Waals surface area contributed by atoms with E-state index in [1.165, 1.54) is 23.2 Å². The number of benzene rings is 1. The first kappa shape index (κ1) is 18.1. The molecule has 2 rings (SSSR count). The van der Waals surface area contributed by atoms with Crippen LogP contribution in [0.3, 0.4) is 0 Å². The molecule has 0 aliphatic heterocycles. The first-order chi connectivity index (χ1) is 10.0. The summed E-state index contributed by atoms with van der Waals surface area (Å²) >= 11 is 0. The minimum absolute atomic E-state index is 0. The fourth-order valence-corrected chi connectivity index (χ4v) is 1.85. The van der Waals surface area contributed by atoms with Crippen LogP contribution in [0.25, 0.3) is 5.69 Å². The molecule has 0 aliphatic rings. The van der Waals surface area contributed by atoms with Gasteiger partial charge in [0.2, 0.25) is 0 Å². The number of rotatable bonds is 5. The number of aromatic nitrogens is 2. The summed E-state index contributed by atoms with van der Waals surface area (Å²) in [5.74, 6) is -1.78. The van der Waals surface area contributed by atoms with Crippen molar-refractivity contribution in [3.05, 3.63) is 47.8 Å². The predicted octanol–water partition coefficient (Wildman–Crippen LogP) is 1.86. The summed E-state index contributed by atoms with van der Waals surface area (Å²) < 4.78 is 28.4. The standard InChI is InChI=1S/C14H16F2N4O.ClH/c1-17-7-9-19(2)14(21)12-6-8-20(18-12)13-10(15)4-3-5-11(13)16;/h3-6,8,17H,7,9H2,1-2H3;1H. The highest BCUT2D eigenvalue weighted by atomic mass is 35.5. The number of carbonyl (C=O) groups is 1. The molecule has 0 saturated carbocycles. The molecule has 1 aromatic heterocycles. The molecule has 22 heavy (non-hydrogen) atoms. The normalized spacial score (nSPS) is 10.2. The molecule has 1 amide bonds. The number of carbonyl (C=O) groups excluding carboxylic acids is 1. The summed E-state index contributed by atoms with van der Waals surface area (Å²) in [7, 11) is 3.43. The van der Waals surface area contributed by atoms with Gasteiger partial charge in [-0.1, -0.05) is 6.07 Å². The summed E-state index contributed by atoms with van der Waals surface area (Å²) in [6.45, 7) is 1.15. The Hall–Kier alpha value is -1.99. The molecule has 2 aromatic rings. The third kappa shape index (κ3) is 3.80. The highest BCUT2D eigenvalue weighted by molar-refractivity contribution is 5.92. The zero-order chi connectivity index (χ0) is 15.4. The molecule has 0 fully saturated rings. The monoisotopic (exact) mass is 330 g/mol. The molecule has 1 N–H and O–H groups in total. The Morgan fingerprint density at radius 1 is 1.32 bits per heavy atom. The fraction of sp³-hybridized carbons (Fsp3) is 0.286. The van der Waals surface area contributed by atoms with Crippen molar-refractivity contribution >= 4 is 18.3 Å². The van der Waals surface area contributed by atoms with Crippen LogP contribution in [0.15, 0.2) is 30.5 Å². The van der Waals surface area contributed by atoms with Crippen LogP contribution in [0.2, 0.25) is 0 Å². The van der Waals surface area contributed by atoms with Crippen molar-refractivity contribution in [1.82, 2.24) is 20.0 Å². The Morgan fingerprint density at radius 2 is 1.95 bits per heavy atom. The first-order valence-corrected chi connectivity index (χ1v) is 6.44. The molecular weight excluding hydrogens is 314 g/mol. The molecule has 0 radical (unpaired) electrons. The van der Waals surface area contributed by atoms with Gasteiger partial charge in [-0.15, -0.1) is 12.4 Å². The average molecular weight is 331 g/mol. The largest absolute Gasteiger partial charge is 0.339 e. The Kier molecular flexibility index (Phi) is 6.45. The number of nitrogens with zero attached hydrogens (tertiary/aromatic N) is 3. The van der Waals surface area contributed by atoms with E-state index in [1.54, 1.807) is 14.1 Å². The lowest BCUT2D eigenvalue weighted by atomic mass is 10.3. The van der Waals surface area contributed by atoms with Crippen molar-refractivity contribution in [2.24, 2.45) is 0 Å². The van der Waals surface area contributed by atoms with Gasteiger partial charge in [0.05, 0.1) is 0 Å². The smallest absolute Gasteiger partial charge is 0.274 e.